The number of benzene rings is 2. The van der Waals surface area contributed by atoms with Crippen molar-refractivity contribution in [3.63, 3.8) is 0 Å². The van der Waals surface area contributed by atoms with Crippen LogP contribution < -0.4 is 5.32 Å². The number of fused-ring (bicyclic) bond motifs is 1. The van der Waals surface area contributed by atoms with Crippen molar-refractivity contribution in [2.24, 2.45) is 7.05 Å². The Kier molecular flexibility index (Phi) is 5.53. The zero-order chi connectivity index (χ0) is 21.5. The molecule has 3 aromatic rings. The van der Waals surface area contributed by atoms with Crippen molar-refractivity contribution in [1.82, 2.24) is 14.5 Å². The monoisotopic (exact) mass is 424 g/mol. The average Bonchev–Trinajstić information content (AvgIpc) is 2.93. The van der Waals surface area contributed by atoms with Crippen LogP contribution in [0.25, 0.3) is 11.0 Å². The van der Waals surface area contributed by atoms with Gasteiger partial charge in [-0.2, -0.15) is 13.2 Å². The van der Waals surface area contributed by atoms with E-state index in [9.17, 15) is 17.6 Å². The molecule has 154 valence electrons. The van der Waals surface area contributed by atoms with Gasteiger partial charge < -0.3 is 14.8 Å². The number of hydrogen-bond donors (Lipinski definition) is 1. The van der Waals surface area contributed by atoms with Gasteiger partial charge in [0.25, 0.3) is 0 Å². The summed E-state index contributed by atoms with van der Waals surface area (Å²) in [5, 5.41) is 2.94. The van der Waals surface area contributed by atoms with Crippen LogP contribution in [0.1, 0.15) is 22.5 Å². The molecule has 2 aromatic carbocycles. The highest BCUT2D eigenvalue weighted by Gasteiger charge is 2.34. The van der Waals surface area contributed by atoms with Gasteiger partial charge in [-0.25, -0.2) is 9.37 Å². The standard InChI is InChI=1S/C20H20F4N4S/c1-11-26-18-16(8-12(19(29)27(2)3)9-17(18)28(11)4)25-10-13-14(20(22,23)24)6-5-7-15(13)21/h5-9,25H,10H2,1-4H3. The molecule has 0 aliphatic rings. The molecule has 9 heteroatoms. The number of anilines is 1. The normalized spacial score (nSPS) is 11.7. The van der Waals surface area contributed by atoms with Crippen molar-refractivity contribution >= 4 is 33.9 Å². The second-order valence-electron chi connectivity index (χ2n) is 6.93. The first kappa shape index (κ1) is 21.0. The fraction of sp³-hybridized carbons (Fsp3) is 0.300. The summed E-state index contributed by atoms with van der Waals surface area (Å²) in [5.74, 6) is -0.182. The maximum Gasteiger partial charge on any atom is 0.416 e. The van der Waals surface area contributed by atoms with Crippen molar-refractivity contribution in [1.29, 1.82) is 0 Å². The van der Waals surface area contributed by atoms with E-state index in [1.165, 1.54) is 0 Å². The molecule has 0 saturated heterocycles. The number of thiocarbonyl (C=S) groups is 1. The van der Waals surface area contributed by atoms with Gasteiger partial charge in [-0.1, -0.05) is 18.3 Å². The van der Waals surface area contributed by atoms with E-state index >= 15 is 0 Å². The summed E-state index contributed by atoms with van der Waals surface area (Å²) in [6, 6.07) is 6.55. The minimum Gasteiger partial charge on any atom is -0.379 e. The molecule has 1 N–H and O–H groups in total. The van der Waals surface area contributed by atoms with Gasteiger partial charge in [-0.15, -0.1) is 0 Å². The van der Waals surface area contributed by atoms with Gasteiger partial charge in [0.2, 0.25) is 0 Å². The minimum atomic E-state index is -4.65. The van der Waals surface area contributed by atoms with Crippen molar-refractivity contribution in [3.8, 4) is 0 Å². The fourth-order valence-corrected chi connectivity index (χ4v) is 3.23. The van der Waals surface area contributed by atoms with Crippen LogP contribution in [0.4, 0.5) is 23.2 Å². The molecule has 29 heavy (non-hydrogen) atoms. The van der Waals surface area contributed by atoms with E-state index in [0.29, 0.717) is 21.8 Å². The average molecular weight is 424 g/mol. The zero-order valence-corrected chi connectivity index (χ0v) is 17.2. The number of hydrogen-bond acceptors (Lipinski definition) is 3. The number of aromatic nitrogens is 2. The van der Waals surface area contributed by atoms with E-state index in [4.69, 9.17) is 12.2 Å². The van der Waals surface area contributed by atoms with Crippen LogP contribution in [0.5, 0.6) is 0 Å². The Morgan fingerprint density at radius 3 is 2.55 bits per heavy atom. The van der Waals surface area contributed by atoms with Crippen molar-refractivity contribution in [3.05, 3.63) is 58.7 Å². The molecular formula is C20H20F4N4S. The third-order valence-corrected chi connectivity index (χ3v) is 5.34. The number of imidazole rings is 1. The molecule has 0 aliphatic carbocycles. The largest absolute Gasteiger partial charge is 0.416 e. The molecule has 1 heterocycles. The van der Waals surface area contributed by atoms with Crippen LogP contribution in [0.2, 0.25) is 0 Å². The third-order valence-electron chi connectivity index (χ3n) is 4.74. The van der Waals surface area contributed by atoms with Crippen LogP contribution in [0.15, 0.2) is 30.3 Å². The number of alkyl halides is 3. The van der Waals surface area contributed by atoms with E-state index in [2.05, 4.69) is 10.3 Å². The highest BCUT2D eigenvalue weighted by Crippen LogP contribution is 2.34. The van der Waals surface area contributed by atoms with Crippen LogP contribution in [0, 0.1) is 12.7 Å². The third kappa shape index (κ3) is 4.05. The van der Waals surface area contributed by atoms with E-state index in [-0.39, 0.29) is 6.54 Å². The first-order valence-electron chi connectivity index (χ1n) is 8.78. The smallest absolute Gasteiger partial charge is 0.379 e. The van der Waals surface area contributed by atoms with Gasteiger partial charge in [0.05, 0.1) is 16.8 Å². The second kappa shape index (κ2) is 7.62. The molecule has 1 aromatic heterocycles. The van der Waals surface area contributed by atoms with E-state index in [1.807, 2.05) is 38.7 Å². The summed E-state index contributed by atoms with van der Waals surface area (Å²) in [4.78, 5) is 6.82. The molecule has 0 bridgehead atoms. The van der Waals surface area contributed by atoms with Gasteiger partial charge in [0.15, 0.2) is 0 Å². The second-order valence-corrected chi connectivity index (χ2v) is 7.31. The molecular weight excluding hydrogens is 404 g/mol. The molecule has 4 nitrogen and oxygen atoms in total. The Morgan fingerprint density at radius 2 is 1.93 bits per heavy atom. The van der Waals surface area contributed by atoms with Crippen LogP contribution in [-0.4, -0.2) is 33.5 Å². The first-order chi connectivity index (χ1) is 13.5. The highest BCUT2D eigenvalue weighted by atomic mass is 32.1. The van der Waals surface area contributed by atoms with Crippen LogP contribution in [-0.2, 0) is 19.8 Å². The lowest BCUT2D eigenvalue weighted by Crippen LogP contribution is -2.21. The fourth-order valence-electron chi connectivity index (χ4n) is 3.11. The molecule has 0 spiro atoms. The minimum absolute atomic E-state index is 0.343. The van der Waals surface area contributed by atoms with Gasteiger partial charge in [-0.05, 0) is 31.2 Å². The molecule has 0 amide bonds. The number of aryl methyl sites for hydroxylation is 2. The summed E-state index contributed by atoms with van der Waals surface area (Å²) < 4.78 is 55.9. The van der Waals surface area contributed by atoms with Gasteiger partial charge in [-0.3, -0.25) is 0 Å². The topological polar surface area (TPSA) is 33.1 Å². The van der Waals surface area contributed by atoms with Crippen LogP contribution >= 0.6 is 12.2 Å². The Bertz CT molecular complexity index is 1090. The number of nitrogens with zero attached hydrogens (tertiary/aromatic N) is 3. The van der Waals surface area contributed by atoms with Crippen molar-refractivity contribution in [2.45, 2.75) is 19.6 Å². The van der Waals surface area contributed by atoms with E-state index in [1.54, 1.807) is 11.0 Å². The molecule has 0 radical (unpaired) electrons. The van der Waals surface area contributed by atoms with E-state index < -0.39 is 23.1 Å². The van der Waals surface area contributed by atoms with Gasteiger partial charge in [0.1, 0.15) is 22.1 Å². The van der Waals surface area contributed by atoms with Gasteiger partial charge in [0, 0.05) is 38.8 Å². The summed E-state index contributed by atoms with van der Waals surface area (Å²) in [7, 11) is 5.46. The lowest BCUT2D eigenvalue weighted by molar-refractivity contribution is -0.138. The molecule has 0 unspecified atom stereocenters. The molecule has 0 atom stereocenters. The van der Waals surface area contributed by atoms with Gasteiger partial charge >= 0.3 is 6.18 Å². The number of rotatable bonds is 4. The Balaban J connectivity index is 2.08. The Labute approximate surface area is 171 Å². The predicted octanol–water partition coefficient (Wildman–Crippen LogP) is 4.89. The molecule has 3 rings (SSSR count). The Hall–Kier alpha value is -2.68. The first-order valence-corrected chi connectivity index (χ1v) is 9.18. The molecule has 0 fully saturated rings. The van der Waals surface area contributed by atoms with Crippen LogP contribution in [0.3, 0.4) is 0 Å². The summed E-state index contributed by atoms with van der Waals surface area (Å²) in [6.45, 7) is 1.48. The zero-order valence-electron chi connectivity index (χ0n) is 16.4. The van der Waals surface area contributed by atoms with Crippen molar-refractivity contribution < 1.29 is 17.6 Å². The summed E-state index contributed by atoms with van der Waals surface area (Å²) >= 11 is 5.44. The maximum absolute atomic E-state index is 14.2. The maximum atomic E-state index is 14.2. The summed E-state index contributed by atoms with van der Waals surface area (Å²) in [5.41, 5.74) is 1.12. The number of nitrogens with one attached hydrogen (secondary N) is 1. The molecule has 0 aliphatic heterocycles. The van der Waals surface area contributed by atoms with Crippen molar-refractivity contribution in [2.75, 3.05) is 19.4 Å². The lowest BCUT2D eigenvalue weighted by Gasteiger charge is -2.17. The molecule has 0 saturated carbocycles. The summed E-state index contributed by atoms with van der Waals surface area (Å²) in [6.07, 6.45) is -4.65. The Morgan fingerprint density at radius 1 is 1.24 bits per heavy atom. The SMILES string of the molecule is Cc1nc2c(NCc3c(F)cccc3C(F)(F)F)cc(C(=S)N(C)C)cc2n1C. The quantitative estimate of drug-likeness (QED) is 0.478. The highest BCUT2D eigenvalue weighted by molar-refractivity contribution is 7.80. The van der Waals surface area contributed by atoms with E-state index in [0.717, 1.165) is 29.5 Å². The number of halogens is 4. The predicted molar refractivity (Wildman–Crippen MR) is 110 cm³/mol. The lowest BCUT2D eigenvalue weighted by atomic mass is 10.1.